The van der Waals surface area contributed by atoms with Crippen molar-refractivity contribution >= 4 is 52.3 Å². The van der Waals surface area contributed by atoms with Gasteiger partial charge in [0.1, 0.15) is 5.82 Å². The van der Waals surface area contributed by atoms with Gasteiger partial charge < -0.3 is 5.32 Å². The van der Waals surface area contributed by atoms with E-state index in [0.717, 1.165) is 11.0 Å². The Labute approximate surface area is 174 Å². The molecule has 0 unspecified atom stereocenters. The number of carbonyl (C=O) groups excluding carboxylic acids is 3. The summed E-state index contributed by atoms with van der Waals surface area (Å²) in [6, 6.07) is 14.4. The third kappa shape index (κ3) is 3.37. The van der Waals surface area contributed by atoms with E-state index >= 15 is 0 Å². The largest absolute Gasteiger partial charge is 0.322 e. The minimum Gasteiger partial charge on any atom is -0.322 e. The number of imide groups is 1. The van der Waals surface area contributed by atoms with Crippen LogP contribution in [0, 0.1) is 5.82 Å². The standard InChI is InChI=1S/C21H11Cl2FN2O3/c22-11-5-7-17(24)15(9-11)19(27)25-12-6-8-18(16(23)10-12)26-20(28)13-3-1-2-4-14(13)21(26)29/h1-10H,(H,25,27). The van der Waals surface area contributed by atoms with E-state index in [0.29, 0.717) is 11.1 Å². The van der Waals surface area contributed by atoms with Gasteiger partial charge in [-0.2, -0.15) is 0 Å². The van der Waals surface area contributed by atoms with Crippen LogP contribution in [0.4, 0.5) is 15.8 Å². The van der Waals surface area contributed by atoms with Crippen LogP contribution in [0.15, 0.2) is 60.7 Å². The summed E-state index contributed by atoms with van der Waals surface area (Å²) < 4.78 is 13.9. The van der Waals surface area contributed by atoms with E-state index in [9.17, 15) is 18.8 Å². The molecule has 0 saturated carbocycles. The molecular weight excluding hydrogens is 418 g/mol. The number of rotatable bonds is 3. The van der Waals surface area contributed by atoms with Gasteiger partial charge in [0.25, 0.3) is 17.7 Å². The number of halogens is 3. The fraction of sp³-hybridized carbons (Fsp3) is 0. The Balaban J connectivity index is 1.61. The molecule has 1 heterocycles. The van der Waals surface area contributed by atoms with Crippen LogP contribution < -0.4 is 10.2 Å². The molecule has 0 saturated heterocycles. The smallest absolute Gasteiger partial charge is 0.266 e. The number of carbonyl (C=O) groups is 3. The molecule has 29 heavy (non-hydrogen) atoms. The summed E-state index contributed by atoms with van der Waals surface area (Å²) in [7, 11) is 0. The molecule has 3 amide bonds. The molecule has 8 heteroatoms. The Hall–Kier alpha value is -3.22. The van der Waals surface area contributed by atoms with Crippen LogP contribution in [-0.4, -0.2) is 17.7 Å². The molecule has 0 aromatic heterocycles. The molecule has 5 nitrogen and oxygen atoms in total. The van der Waals surface area contributed by atoms with Crippen LogP contribution in [-0.2, 0) is 0 Å². The molecule has 4 rings (SSSR count). The first-order valence-electron chi connectivity index (χ1n) is 8.40. The Morgan fingerprint density at radius 2 is 1.55 bits per heavy atom. The molecule has 0 aliphatic carbocycles. The molecule has 144 valence electrons. The van der Waals surface area contributed by atoms with Gasteiger partial charge in [-0.05, 0) is 48.5 Å². The zero-order valence-electron chi connectivity index (χ0n) is 14.6. The second kappa shape index (κ2) is 7.31. The van der Waals surface area contributed by atoms with Crippen LogP contribution in [0.1, 0.15) is 31.1 Å². The number of hydrogen-bond acceptors (Lipinski definition) is 3. The molecule has 0 spiro atoms. The maximum Gasteiger partial charge on any atom is 0.266 e. The maximum absolute atomic E-state index is 13.9. The minimum atomic E-state index is -0.722. The van der Waals surface area contributed by atoms with Gasteiger partial charge in [-0.1, -0.05) is 35.3 Å². The molecule has 0 bridgehead atoms. The average molecular weight is 429 g/mol. The molecule has 0 atom stereocenters. The summed E-state index contributed by atoms with van der Waals surface area (Å²) in [5, 5.41) is 2.81. The van der Waals surface area contributed by atoms with E-state index in [1.54, 1.807) is 24.3 Å². The number of nitrogens with one attached hydrogen (secondary N) is 1. The zero-order chi connectivity index (χ0) is 20.7. The number of fused-ring (bicyclic) bond motifs is 1. The summed E-state index contributed by atoms with van der Waals surface area (Å²) >= 11 is 12.1. The highest BCUT2D eigenvalue weighted by Crippen LogP contribution is 2.35. The van der Waals surface area contributed by atoms with Crippen molar-refractivity contribution in [1.82, 2.24) is 0 Å². The SMILES string of the molecule is O=C(Nc1ccc(N2C(=O)c3ccccc3C2=O)c(Cl)c1)c1cc(Cl)ccc1F. The highest BCUT2D eigenvalue weighted by Gasteiger charge is 2.37. The van der Waals surface area contributed by atoms with Crippen LogP contribution in [0.5, 0.6) is 0 Å². The van der Waals surface area contributed by atoms with Gasteiger partial charge in [-0.3, -0.25) is 14.4 Å². The molecule has 1 N–H and O–H groups in total. The predicted octanol–water partition coefficient (Wildman–Crippen LogP) is 5.19. The van der Waals surface area contributed by atoms with Crippen LogP contribution in [0.25, 0.3) is 0 Å². The summed E-state index contributed by atoms with van der Waals surface area (Å²) in [6.07, 6.45) is 0. The third-order valence-electron chi connectivity index (χ3n) is 4.41. The predicted molar refractivity (Wildman–Crippen MR) is 108 cm³/mol. The second-order valence-electron chi connectivity index (χ2n) is 6.24. The van der Waals surface area contributed by atoms with E-state index in [4.69, 9.17) is 23.2 Å². The van der Waals surface area contributed by atoms with Crippen LogP contribution >= 0.6 is 23.2 Å². The number of benzene rings is 3. The Morgan fingerprint density at radius 3 is 2.17 bits per heavy atom. The molecular formula is C21H11Cl2FN2O3. The van der Waals surface area contributed by atoms with Crippen molar-refractivity contribution in [3.63, 3.8) is 0 Å². The van der Waals surface area contributed by atoms with Crippen molar-refractivity contribution in [3.8, 4) is 0 Å². The Bertz CT molecular complexity index is 1160. The Morgan fingerprint density at radius 1 is 0.897 bits per heavy atom. The van der Waals surface area contributed by atoms with E-state index in [1.807, 2.05) is 0 Å². The number of amides is 3. The van der Waals surface area contributed by atoms with E-state index in [1.165, 1.54) is 30.3 Å². The molecule has 3 aromatic rings. The van der Waals surface area contributed by atoms with Gasteiger partial charge in [0.15, 0.2) is 0 Å². The first-order valence-corrected chi connectivity index (χ1v) is 9.16. The van der Waals surface area contributed by atoms with E-state index in [-0.39, 0.29) is 27.0 Å². The van der Waals surface area contributed by atoms with Crippen molar-refractivity contribution in [2.24, 2.45) is 0 Å². The second-order valence-corrected chi connectivity index (χ2v) is 7.08. The number of anilines is 2. The third-order valence-corrected chi connectivity index (χ3v) is 4.95. The first-order chi connectivity index (χ1) is 13.9. The molecule has 0 radical (unpaired) electrons. The fourth-order valence-electron chi connectivity index (χ4n) is 3.04. The lowest BCUT2D eigenvalue weighted by Crippen LogP contribution is -2.29. The Kier molecular flexibility index (Phi) is 4.82. The van der Waals surface area contributed by atoms with Crippen molar-refractivity contribution in [3.05, 3.63) is 93.2 Å². The van der Waals surface area contributed by atoms with Crippen LogP contribution in [0.2, 0.25) is 10.0 Å². The van der Waals surface area contributed by atoms with Gasteiger partial charge in [0.2, 0.25) is 0 Å². The topological polar surface area (TPSA) is 66.5 Å². The summed E-state index contributed by atoms with van der Waals surface area (Å²) in [4.78, 5) is 38.5. The minimum absolute atomic E-state index is 0.0730. The number of hydrogen-bond donors (Lipinski definition) is 1. The summed E-state index contributed by atoms with van der Waals surface area (Å²) in [5.74, 6) is -2.40. The maximum atomic E-state index is 13.9. The summed E-state index contributed by atoms with van der Waals surface area (Å²) in [5.41, 5.74) is 0.812. The summed E-state index contributed by atoms with van der Waals surface area (Å²) in [6.45, 7) is 0. The van der Waals surface area contributed by atoms with Gasteiger partial charge in [-0.15, -0.1) is 0 Å². The van der Waals surface area contributed by atoms with Crippen LogP contribution in [0.3, 0.4) is 0 Å². The molecule has 1 aliphatic heterocycles. The lowest BCUT2D eigenvalue weighted by atomic mass is 10.1. The van der Waals surface area contributed by atoms with Crippen molar-refractivity contribution in [2.45, 2.75) is 0 Å². The highest BCUT2D eigenvalue weighted by atomic mass is 35.5. The fourth-order valence-corrected chi connectivity index (χ4v) is 3.48. The van der Waals surface area contributed by atoms with Gasteiger partial charge in [0.05, 0.1) is 27.4 Å². The van der Waals surface area contributed by atoms with E-state index in [2.05, 4.69) is 5.32 Å². The number of nitrogens with zero attached hydrogens (tertiary/aromatic N) is 1. The van der Waals surface area contributed by atoms with Gasteiger partial charge >= 0.3 is 0 Å². The molecule has 0 fully saturated rings. The lowest BCUT2D eigenvalue weighted by molar-refractivity contribution is 0.0924. The zero-order valence-corrected chi connectivity index (χ0v) is 16.1. The van der Waals surface area contributed by atoms with Crippen molar-refractivity contribution < 1.29 is 18.8 Å². The van der Waals surface area contributed by atoms with Gasteiger partial charge in [-0.25, -0.2) is 9.29 Å². The highest BCUT2D eigenvalue weighted by molar-refractivity contribution is 6.40. The first kappa shape index (κ1) is 19.1. The quantitative estimate of drug-likeness (QED) is 0.584. The lowest BCUT2D eigenvalue weighted by Gasteiger charge is -2.16. The average Bonchev–Trinajstić information content (AvgIpc) is 2.95. The molecule has 1 aliphatic rings. The van der Waals surface area contributed by atoms with Gasteiger partial charge in [0, 0.05) is 10.7 Å². The van der Waals surface area contributed by atoms with Crippen molar-refractivity contribution in [2.75, 3.05) is 10.2 Å². The monoisotopic (exact) mass is 428 g/mol. The van der Waals surface area contributed by atoms with E-state index < -0.39 is 23.5 Å². The molecule has 3 aromatic carbocycles. The normalized spacial score (nSPS) is 12.9. The van der Waals surface area contributed by atoms with Crippen molar-refractivity contribution in [1.29, 1.82) is 0 Å².